The smallest absolute Gasteiger partial charge is 0.312 e. The van der Waals surface area contributed by atoms with Crippen molar-refractivity contribution in [1.82, 2.24) is 10.2 Å². The van der Waals surface area contributed by atoms with E-state index in [0.717, 1.165) is 0 Å². The Morgan fingerprint density at radius 1 is 1.22 bits per heavy atom. The summed E-state index contributed by atoms with van der Waals surface area (Å²) in [6, 6.07) is 2.32. The van der Waals surface area contributed by atoms with Crippen molar-refractivity contribution in [2.24, 2.45) is 0 Å². The second kappa shape index (κ2) is 5.86. The highest BCUT2D eigenvalue weighted by Crippen LogP contribution is 2.38. The van der Waals surface area contributed by atoms with Gasteiger partial charge in [0.1, 0.15) is 0 Å². The second-order valence-corrected chi connectivity index (χ2v) is 6.14. The average molecular weight is 359 g/mol. The maximum Gasteiger partial charge on any atom is 0.312 e. The fraction of sp³-hybridized carbons (Fsp3) is 0.385. The van der Waals surface area contributed by atoms with Crippen LogP contribution >= 0.6 is 23.2 Å². The third kappa shape index (κ3) is 2.79. The molecule has 10 heteroatoms. The van der Waals surface area contributed by atoms with Gasteiger partial charge < -0.3 is 15.1 Å². The van der Waals surface area contributed by atoms with Crippen molar-refractivity contribution in [3.05, 3.63) is 32.3 Å². The fourth-order valence-corrected chi connectivity index (χ4v) is 3.59. The molecule has 1 atom stereocenters. The zero-order valence-corrected chi connectivity index (χ0v) is 13.3. The summed E-state index contributed by atoms with van der Waals surface area (Å²) in [6.45, 7) is 1.58. The number of fused-ring (bicyclic) bond motifs is 1. The molecule has 2 aliphatic heterocycles. The van der Waals surface area contributed by atoms with E-state index in [1.807, 2.05) is 4.90 Å². The zero-order valence-electron chi connectivity index (χ0n) is 11.8. The molecule has 2 saturated heterocycles. The van der Waals surface area contributed by atoms with Crippen LogP contribution in [0.2, 0.25) is 10.0 Å². The summed E-state index contributed by atoms with van der Waals surface area (Å²) < 4.78 is 0. The third-order valence-electron chi connectivity index (χ3n) is 3.96. The molecule has 122 valence electrons. The lowest BCUT2D eigenvalue weighted by molar-refractivity contribution is -0.384. The molecule has 1 aromatic rings. The lowest BCUT2D eigenvalue weighted by Gasteiger charge is -2.44. The standard InChI is InChI=1S/C13H12Cl2N4O4/c14-9-3-7(19(22)23)4-10(15)11(9)17-1-2-18-8(6-17)5-16-12(20)13(18)21/h3-4,8H,1-2,5-6H2,(H,16,20). The maximum absolute atomic E-state index is 11.8. The van der Waals surface area contributed by atoms with Crippen LogP contribution in [0.3, 0.4) is 0 Å². The first-order valence-corrected chi connectivity index (χ1v) is 7.61. The highest BCUT2D eigenvalue weighted by Gasteiger charge is 2.38. The van der Waals surface area contributed by atoms with Crippen LogP contribution in [0.15, 0.2) is 12.1 Å². The van der Waals surface area contributed by atoms with Crippen molar-refractivity contribution < 1.29 is 14.5 Å². The predicted molar refractivity (Wildman–Crippen MR) is 83.8 cm³/mol. The molecule has 2 heterocycles. The fourth-order valence-electron chi connectivity index (χ4n) is 2.88. The normalized spacial score (nSPS) is 21.0. The average Bonchev–Trinajstić information content (AvgIpc) is 2.50. The first-order valence-electron chi connectivity index (χ1n) is 6.85. The number of benzene rings is 1. The quantitative estimate of drug-likeness (QED) is 0.484. The number of nitro groups is 1. The lowest BCUT2D eigenvalue weighted by Crippen LogP contribution is -2.65. The zero-order chi connectivity index (χ0) is 16.7. The summed E-state index contributed by atoms with van der Waals surface area (Å²) >= 11 is 12.3. The van der Waals surface area contributed by atoms with E-state index in [-0.39, 0.29) is 21.8 Å². The van der Waals surface area contributed by atoms with Gasteiger partial charge in [-0.1, -0.05) is 23.2 Å². The van der Waals surface area contributed by atoms with E-state index in [0.29, 0.717) is 31.9 Å². The molecule has 0 aliphatic carbocycles. The van der Waals surface area contributed by atoms with E-state index in [1.165, 1.54) is 17.0 Å². The Kier molecular flexibility index (Phi) is 4.03. The number of carbonyl (C=O) groups is 2. The SMILES string of the molecule is O=C1NCC2CN(c3c(Cl)cc([N+](=O)[O-])cc3Cl)CCN2C1=O. The van der Waals surface area contributed by atoms with Crippen LogP contribution in [-0.2, 0) is 9.59 Å². The lowest BCUT2D eigenvalue weighted by atomic mass is 10.1. The van der Waals surface area contributed by atoms with Crippen molar-refractivity contribution in [3.8, 4) is 0 Å². The minimum Gasteiger partial charge on any atom is -0.365 e. The molecule has 2 aliphatic rings. The van der Waals surface area contributed by atoms with Gasteiger partial charge in [-0.2, -0.15) is 0 Å². The maximum atomic E-state index is 11.8. The van der Waals surface area contributed by atoms with Crippen LogP contribution in [0.4, 0.5) is 11.4 Å². The van der Waals surface area contributed by atoms with Crippen molar-refractivity contribution in [1.29, 1.82) is 0 Å². The molecule has 1 unspecified atom stereocenters. The van der Waals surface area contributed by atoms with Crippen molar-refractivity contribution >= 4 is 46.4 Å². The minimum atomic E-state index is -0.596. The highest BCUT2D eigenvalue weighted by atomic mass is 35.5. The molecule has 0 spiro atoms. The summed E-state index contributed by atoms with van der Waals surface area (Å²) in [5.74, 6) is -1.14. The van der Waals surface area contributed by atoms with Crippen LogP contribution in [-0.4, -0.2) is 53.9 Å². The number of piperazine rings is 2. The number of carbonyl (C=O) groups excluding carboxylic acids is 2. The number of anilines is 1. The molecule has 23 heavy (non-hydrogen) atoms. The summed E-state index contributed by atoms with van der Waals surface area (Å²) in [5.41, 5.74) is 0.324. The van der Waals surface area contributed by atoms with Gasteiger partial charge in [-0.15, -0.1) is 0 Å². The van der Waals surface area contributed by atoms with E-state index in [9.17, 15) is 19.7 Å². The molecule has 1 N–H and O–H groups in total. The highest BCUT2D eigenvalue weighted by molar-refractivity contribution is 6.39. The number of nitrogens with zero attached hydrogens (tertiary/aromatic N) is 3. The molecular weight excluding hydrogens is 347 g/mol. The monoisotopic (exact) mass is 358 g/mol. The van der Waals surface area contributed by atoms with Crippen LogP contribution < -0.4 is 10.2 Å². The second-order valence-electron chi connectivity index (χ2n) is 5.32. The van der Waals surface area contributed by atoms with Gasteiger partial charge in [-0.25, -0.2) is 0 Å². The van der Waals surface area contributed by atoms with Crippen molar-refractivity contribution in [2.75, 3.05) is 31.1 Å². The number of nitrogens with one attached hydrogen (secondary N) is 1. The van der Waals surface area contributed by atoms with Crippen molar-refractivity contribution in [2.45, 2.75) is 6.04 Å². The number of amides is 2. The molecule has 0 radical (unpaired) electrons. The number of hydrogen-bond acceptors (Lipinski definition) is 5. The molecule has 1 aromatic carbocycles. The summed E-state index contributed by atoms with van der Waals surface area (Å²) in [6.07, 6.45) is 0. The molecule has 3 rings (SSSR count). The van der Waals surface area contributed by atoms with E-state index in [4.69, 9.17) is 23.2 Å². The Morgan fingerprint density at radius 3 is 2.48 bits per heavy atom. The summed E-state index contributed by atoms with van der Waals surface area (Å²) in [7, 11) is 0. The van der Waals surface area contributed by atoms with E-state index in [2.05, 4.69) is 5.32 Å². The number of rotatable bonds is 2. The van der Waals surface area contributed by atoms with Crippen LogP contribution in [0.5, 0.6) is 0 Å². The topological polar surface area (TPSA) is 95.8 Å². The van der Waals surface area contributed by atoms with Gasteiger partial charge >= 0.3 is 11.8 Å². The predicted octanol–water partition coefficient (Wildman–Crippen LogP) is 1.05. The van der Waals surface area contributed by atoms with Crippen LogP contribution in [0, 0.1) is 10.1 Å². The van der Waals surface area contributed by atoms with E-state index >= 15 is 0 Å². The Labute approximate surface area is 141 Å². The van der Waals surface area contributed by atoms with Gasteiger partial charge in [-0.05, 0) is 0 Å². The summed E-state index contributed by atoms with van der Waals surface area (Å²) in [4.78, 5) is 36.9. The Hall–Kier alpha value is -2.06. The molecule has 8 nitrogen and oxygen atoms in total. The largest absolute Gasteiger partial charge is 0.365 e. The molecule has 2 amide bonds. The molecule has 2 fully saturated rings. The Morgan fingerprint density at radius 2 is 1.87 bits per heavy atom. The first kappa shape index (κ1) is 15.8. The van der Waals surface area contributed by atoms with Gasteiger partial charge in [0.05, 0.1) is 26.7 Å². The van der Waals surface area contributed by atoms with Gasteiger partial charge in [0.2, 0.25) is 0 Å². The van der Waals surface area contributed by atoms with Gasteiger partial charge in [0.25, 0.3) is 5.69 Å². The molecule has 0 aromatic heterocycles. The first-order chi connectivity index (χ1) is 10.9. The van der Waals surface area contributed by atoms with E-state index < -0.39 is 16.7 Å². The summed E-state index contributed by atoms with van der Waals surface area (Å²) in [5, 5.41) is 13.8. The number of halogens is 2. The van der Waals surface area contributed by atoms with Gasteiger partial charge in [0, 0.05) is 38.3 Å². The van der Waals surface area contributed by atoms with E-state index in [1.54, 1.807) is 0 Å². The molecular formula is C13H12Cl2N4O4. The number of hydrogen-bond donors (Lipinski definition) is 1. The Balaban J connectivity index is 1.86. The van der Waals surface area contributed by atoms with Gasteiger partial charge in [0.15, 0.2) is 0 Å². The Bertz CT molecular complexity index is 688. The third-order valence-corrected chi connectivity index (χ3v) is 4.54. The number of nitro benzene ring substituents is 1. The molecule has 0 saturated carbocycles. The van der Waals surface area contributed by atoms with Crippen LogP contribution in [0.25, 0.3) is 0 Å². The number of non-ortho nitro benzene ring substituents is 1. The minimum absolute atomic E-state index is 0.178. The van der Waals surface area contributed by atoms with Gasteiger partial charge in [-0.3, -0.25) is 19.7 Å². The van der Waals surface area contributed by atoms with Crippen LogP contribution in [0.1, 0.15) is 0 Å². The van der Waals surface area contributed by atoms with Crippen molar-refractivity contribution in [3.63, 3.8) is 0 Å². The molecule has 0 bridgehead atoms.